The summed E-state index contributed by atoms with van der Waals surface area (Å²) in [6.45, 7) is 0. The minimum absolute atomic E-state index is 0.0389. The molecule has 21 heavy (non-hydrogen) atoms. The fourth-order valence-corrected chi connectivity index (χ4v) is 2.21. The van der Waals surface area contributed by atoms with Gasteiger partial charge in [-0.15, -0.1) is 0 Å². The smallest absolute Gasteiger partial charge is 0.270 e. The monoisotopic (exact) mass is 344 g/mol. The molecule has 0 atom stereocenters. The van der Waals surface area contributed by atoms with E-state index in [1.54, 1.807) is 6.07 Å². The second kappa shape index (κ2) is 6.42. The molecule has 0 radical (unpaired) electrons. The van der Waals surface area contributed by atoms with Gasteiger partial charge in [0.2, 0.25) is 0 Å². The quantitative estimate of drug-likeness (QED) is 0.472. The summed E-state index contributed by atoms with van der Waals surface area (Å²) in [5, 5.41) is 10.9. The van der Waals surface area contributed by atoms with Gasteiger partial charge < -0.3 is 4.90 Å². The molecule has 0 fully saturated rings. The van der Waals surface area contributed by atoms with E-state index in [0.717, 1.165) is 15.7 Å². The van der Waals surface area contributed by atoms with Crippen LogP contribution in [0.2, 0.25) is 0 Å². The molecule has 2 rings (SSSR count). The van der Waals surface area contributed by atoms with Crippen LogP contribution in [0.1, 0.15) is 11.1 Å². The van der Waals surface area contributed by atoms with E-state index < -0.39 is 4.92 Å². The van der Waals surface area contributed by atoms with Crippen LogP contribution >= 0.6 is 15.9 Å². The van der Waals surface area contributed by atoms with Crippen LogP contribution in [0.4, 0.5) is 11.4 Å². The molecule has 5 heteroatoms. The first kappa shape index (κ1) is 15.1. The molecular weight excluding hydrogens is 332 g/mol. The first-order chi connectivity index (χ1) is 9.99. The molecular formula is C16H13BrN2O2. The van der Waals surface area contributed by atoms with Crippen molar-refractivity contribution in [3.63, 3.8) is 0 Å². The Bertz CT molecular complexity index is 745. The average molecular weight is 345 g/mol. The van der Waals surface area contributed by atoms with Crippen molar-refractivity contribution in [3.8, 4) is 11.8 Å². The van der Waals surface area contributed by atoms with Crippen LogP contribution in [0.5, 0.6) is 0 Å². The van der Waals surface area contributed by atoms with Crippen molar-refractivity contribution in [2.24, 2.45) is 0 Å². The van der Waals surface area contributed by atoms with Gasteiger partial charge in [-0.05, 0) is 34.1 Å². The molecule has 4 nitrogen and oxygen atoms in total. The number of benzene rings is 2. The maximum Gasteiger partial charge on any atom is 0.270 e. The zero-order valence-corrected chi connectivity index (χ0v) is 13.2. The normalized spacial score (nSPS) is 9.67. The van der Waals surface area contributed by atoms with Crippen LogP contribution in [-0.2, 0) is 0 Å². The summed E-state index contributed by atoms with van der Waals surface area (Å²) >= 11 is 3.43. The van der Waals surface area contributed by atoms with Gasteiger partial charge in [-0.25, -0.2) is 0 Å². The maximum atomic E-state index is 10.9. The molecule has 2 aromatic carbocycles. The van der Waals surface area contributed by atoms with Crippen molar-refractivity contribution in [1.82, 2.24) is 0 Å². The number of non-ortho nitro benzene ring substituents is 1. The van der Waals surface area contributed by atoms with E-state index in [1.165, 1.54) is 12.1 Å². The highest BCUT2D eigenvalue weighted by atomic mass is 79.9. The molecule has 0 aliphatic heterocycles. The summed E-state index contributed by atoms with van der Waals surface area (Å²) in [6, 6.07) is 12.3. The zero-order chi connectivity index (χ0) is 15.4. The van der Waals surface area contributed by atoms with Crippen molar-refractivity contribution in [1.29, 1.82) is 0 Å². The van der Waals surface area contributed by atoms with Gasteiger partial charge in [-0.2, -0.15) is 0 Å². The minimum Gasteiger partial charge on any atom is -0.377 e. The number of anilines is 1. The molecule has 0 bridgehead atoms. The van der Waals surface area contributed by atoms with Crippen LogP contribution in [0.25, 0.3) is 0 Å². The Hall–Kier alpha value is -2.32. The summed E-state index contributed by atoms with van der Waals surface area (Å²) in [5.74, 6) is 6.07. The lowest BCUT2D eigenvalue weighted by Gasteiger charge is -2.14. The highest BCUT2D eigenvalue weighted by Gasteiger charge is 2.10. The number of hydrogen-bond acceptors (Lipinski definition) is 3. The molecule has 0 spiro atoms. The number of rotatable bonds is 2. The van der Waals surface area contributed by atoms with Gasteiger partial charge >= 0.3 is 0 Å². The summed E-state index contributed by atoms with van der Waals surface area (Å²) in [6.07, 6.45) is 0. The van der Waals surface area contributed by atoms with Crippen LogP contribution in [0.3, 0.4) is 0 Å². The average Bonchev–Trinajstić information content (AvgIpc) is 2.46. The highest BCUT2D eigenvalue weighted by Crippen LogP contribution is 2.23. The summed E-state index contributed by atoms with van der Waals surface area (Å²) in [7, 11) is 3.76. The van der Waals surface area contributed by atoms with Crippen LogP contribution in [0.15, 0.2) is 46.9 Å². The van der Waals surface area contributed by atoms with Crippen molar-refractivity contribution < 1.29 is 4.92 Å². The lowest BCUT2D eigenvalue weighted by atomic mass is 10.1. The van der Waals surface area contributed by atoms with E-state index in [1.807, 2.05) is 43.3 Å². The number of hydrogen-bond donors (Lipinski definition) is 0. The number of nitrogens with zero attached hydrogens (tertiary/aromatic N) is 2. The fraction of sp³-hybridized carbons (Fsp3) is 0.125. The molecule has 106 valence electrons. The molecule has 0 saturated carbocycles. The fourth-order valence-electron chi connectivity index (χ4n) is 1.82. The van der Waals surface area contributed by atoms with E-state index in [0.29, 0.717) is 5.56 Å². The van der Waals surface area contributed by atoms with Crippen LogP contribution < -0.4 is 4.90 Å². The molecule has 0 heterocycles. The molecule has 0 aliphatic rings. The van der Waals surface area contributed by atoms with Gasteiger partial charge in [0.05, 0.1) is 16.2 Å². The number of halogens is 1. The Labute approximate surface area is 131 Å². The van der Waals surface area contributed by atoms with Crippen LogP contribution in [-0.4, -0.2) is 19.0 Å². The van der Waals surface area contributed by atoms with Gasteiger partial charge in [0.25, 0.3) is 5.69 Å². The summed E-state index contributed by atoms with van der Waals surface area (Å²) < 4.78 is 0.898. The summed E-state index contributed by atoms with van der Waals surface area (Å²) in [4.78, 5) is 12.4. The second-order valence-electron chi connectivity index (χ2n) is 4.58. The Morgan fingerprint density at radius 2 is 1.76 bits per heavy atom. The van der Waals surface area contributed by atoms with Gasteiger partial charge in [0.15, 0.2) is 0 Å². The lowest BCUT2D eigenvalue weighted by molar-refractivity contribution is -0.384. The lowest BCUT2D eigenvalue weighted by Crippen LogP contribution is -2.10. The predicted molar refractivity (Wildman–Crippen MR) is 87.5 cm³/mol. The first-order valence-corrected chi connectivity index (χ1v) is 7.00. The SMILES string of the molecule is CN(C)c1ccc([N+](=O)[O-])cc1C#Cc1ccccc1Br. The highest BCUT2D eigenvalue weighted by molar-refractivity contribution is 9.10. The molecule has 0 N–H and O–H groups in total. The van der Waals surface area contributed by atoms with Gasteiger partial charge in [0.1, 0.15) is 0 Å². The zero-order valence-electron chi connectivity index (χ0n) is 11.6. The largest absolute Gasteiger partial charge is 0.377 e. The second-order valence-corrected chi connectivity index (χ2v) is 5.44. The maximum absolute atomic E-state index is 10.9. The van der Waals surface area contributed by atoms with E-state index in [4.69, 9.17) is 0 Å². The minimum atomic E-state index is -0.414. The topological polar surface area (TPSA) is 46.4 Å². The third-order valence-corrected chi connectivity index (χ3v) is 3.57. The molecule has 0 unspecified atom stereocenters. The Kier molecular flexibility index (Phi) is 4.61. The summed E-state index contributed by atoms with van der Waals surface area (Å²) in [5.41, 5.74) is 2.36. The first-order valence-electron chi connectivity index (χ1n) is 6.21. The van der Waals surface area contributed by atoms with Crippen molar-refractivity contribution in [2.45, 2.75) is 0 Å². The van der Waals surface area contributed by atoms with Crippen molar-refractivity contribution in [3.05, 3.63) is 68.2 Å². The Balaban J connectivity index is 2.50. The molecule has 2 aromatic rings. The predicted octanol–water partition coefficient (Wildman–Crippen LogP) is 3.82. The molecule has 0 amide bonds. The van der Waals surface area contributed by atoms with Gasteiger partial charge in [-0.1, -0.05) is 24.0 Å². The Morgan fingerprint density at radius 1 is 1.10 bits per heavy atom. The Morgan fingerprint density at radius 3 is 2.38 bits per heavy atom. The van der Waals surface area contributed by atoms with Crippen LogP contribution in [0, 0.1) is 22.0 Å². The van der Waals surface area contributed by atoms with E-state index >= 15 is 0 Å². The van der Waals surface area contributed by atoms with Gasteiger partial charge in [0, 0.05) is 36.3 Å². The number of nitro groups is 1. The van der Waals surface area contributed by atoms with E-state index in [9.17, 15) is 10.1 Å². The molecule has 0 aliphatic carbocycles. The molecule has 0 aromatic heterocycles. The van der Waals surface area contributed by atoms with E-state index in [-0.39, 0.29) is 5.69 Å². The van der Waals surface area contributed by atoms with E-state index in [2.05, 4.69) is 27.8 Å². The number of nitro benzene ring substituents is 1. The molecule has 0 saturated heterocycles. The van der Waals surface area contributed by atoms with Crippen molar-refractivity contribution in [2.75, 3.05) is 19.0 Å². The van der Waals surface area contributed by atoms with Crippen molar-refractivity contribution >= 4 is 27.3 Å². The van der Waals surface area contributed by atoms with Gasteiger partial charge in [-0.3, -0.25) is 10.1 Å². The third kappa shape index (κ3) is 3.61. The standard InChI is InChI=1S/C16H13BrN2O2/c1-18(2)16-10-9-14(19(20)21)11-13(16)8-7-12-5-3-4-6-15(12)17/h3-6,9-11H,1-2H3. The third-order valence-electron chi connectivity index (χ3n) is 2.88.